The molecule has 0 saturated heterocycles. The van der Waals surface area contributed by atoms with Crippen LogP contribution in [0.1, 0.15) is 6.92 Å². The summed E-state index contributed by atoms with van der Waals surface area (Å²) in [7, 11) is -1.21. The largest absolute Gasteiger partial charge is 0.396 e. The van der Waals surface area contributed by atoms with Gasteiger partial charge in [-0.1, -0.05) is 18.5 Å². The van der Waals surface area contributed by atoms with Crippen molar-refractivity contribution in [3.8, 4) is 0 Å². The molecule has 1 aromatic carbocycles. The highest BCUT2D eigenvalue weighted by Gasteiger charge is 2.29. The van der Waals surface area contributed by atoms with Gasteiger partial charge in [-0.25, -0.2) is 12.8 Å². The van der Waals surface area contributed by atoms with Crippen molar-refractivity contribution in [1.82, 2.24) is 9.21 Å². The molecular formula is C12H17ClFN3O3S. The molecule has 0 saturated carbocycles. The molecule has 2 N–H and O–H groups in total. The SMILES string of the molecule is CCN(CC(=O)N(C)C)S(=O)(=O)c1cc(Cl)cc(N)c1F. The van der Waals surface area contributed by atoms with Crippen LogP contribution < -0.4 is 5.73 Å². The number of nitrogen functional groups attached to an aromatic ring is 1. The predicted octanol–water partition coefficient (Wildman–Crippen LogP) is 1.16. The van der Waals surface area contributed by atoms with Crippen LogP contribution in [0.25, 0.3) is 0 Å². The summed E-state index contributed by atoms with van der Waals surface area (Å²) < 4.78 is 39.7. The number of carbonyl (C=O) groups is 1. The van der Waals surface area contributed by atoms with Crippen LogP contribution in [-0.2, 0) is 14.8 Å². The number of nitrogens with two attached hydrogens (primary N) is 1. The number of sulfonamides is 1. The average molecular weight is 338 g/mol. The van der Waals surface area contributed by atoms with Crippen LogP contribution >= 0.6 is 11.6 Å². The van der Waals surface area contributed by atoms with E-state index in [9.17, 15) is 17.6 Å². The van der Waals surface area contributed by atoms with E-state index in [0.717, 1.165) is 16.4 Å². The van der Waals surface area contributed by atoms with Crippen molar-refractivity contribution in [2.24, 2.45) is 0 Å². The molecule has 118 valence electrons. The zero-order chi connectivity index (χ0) is 16.4. The standard InChI is InChI=1S/C12H17ClFN3O3S/c1-4-17(7-11(18)16(2)3)21(19,20)10-6-8(13)5-9(15)12(10)14/h5-6H,4,7,15H2,1-3H3. The molecule has 1 rings (SSSR count). The van der Waals surface area contributed by atoms with E-state index in [1.165, 1.54) is 19.0 Å². The zero-order valence-corrected chi connectivity index (χ0v) is 13.5. The Morgan fingerprint density at radius 2 is 1.95 bits per heavy atom. The summed E-state index contributed by atoms with van der Waals surface area (Å²) in [4.78, 5) is 12.3. The number of hydrogen-bond donors (Lipinski definition) is 1. The minimum absolute atomic E-state index is 0.00228. The highest BCUT2D eigenvalue weighted by Crippen LogP contribution is 2.27. The minimum atomic E-state index is -4.21. The summed E-state index contributed by atoms with van der Waals surface area (Å²) in [6, 6.07) is 2.10. The van der Waals surface area contributed by atoms with E-state index in [1.807, 2.05) is 0 Å². The van der Waals surface area contributed by atoms with Crippen molar-refractivity contribution >= 4 is 33.2 Å². The molecular weight excluding hydrogens is 321 g/mol. The number of carbonyl (C=O) groups excluding carboxylic acids is 1. The summed E-state index contributed by atoms with van der Waals surface area (Å²) in [5.74, 6) is -1.49. The third kappa shape index (κ3) is 3.84. The average Bonchev–Trinajstić information content (AvgIpc) is 2.39. The van der Waals surface area contributed by atoms with E-state index in [-0.39, 0.29) is 17.3 Å². The maximum atomic E-state index is 14.0. The molecule has 0 unspecified atom stereocenters. The van der Waals surface area contributed by atoms with Gasteiger partial charge in [0, 0.05) is 25.7 Å². The second-order valence-corrected chi connectivity index (χ2v) is 6.87. The van der Waals surface area contributed by atoms with Crippen LogP contribution in [-0.4, -0.2) is 50.7 Å². The minimum Gasteiger partial charge on any atom is -0.396 e. The van der Waals surface area contributed by atoms with E-state index >= 15 is 0 Å². The first-order valence-corrected chi connectivity index (χ1v) is 7.87. The lowest BCUT2D eigenvalue weighted by molar-refractivity contribution is -0.128. The van der Waals surface area contributed by atoms with Crippen LogP contribution in [0.5, 0.6) is 0 Å². The van der Waals surface area contributed by atoms with Gasteiger partial charge in [-0.15, -0.1) is 0 Å². The van der Waals surface area contributed by atoms with Crippen molar-refractivity contribution in [3.63, 3.8) is 0 Å². The molecule has 0 aliphatic carbocycles. The number of benzene rings is 1. The molecule has 1 amide bonds. The fourth-order valence-corrected chi connectivity index (χ4v) is 3.38. The van der Waals surface area contributed by atoms with Gasteiger partial charge in [-0.05, 0) is 12.1 Å². The van der Waals surface area contributed by atoms with Gasteiger partial charge in [-0.2, -0.15) is 4.31 Å². The molecule has 0 spiro atoms. The lowest BCUT2D eigenvalue weighted by atomic mass is 10.3. The lowest BCUT2D eigenvalue weighted by Crippen LogP contribution is -2.40. The smallest absolute Gasteiger partial charge is 0.246 e. The van der Waals surface area contributed by atoms with Gasteiger partial charge in [0.05, 0.1) is 12.2 Å². The number of hydrogen-bond acceptors (Lipinski definition) is 4. The number of amides is 1. The molecule has 21 heavy (non-hydrogen) atoms. The Labute approximate surface area is 128 Å². The molecule has 0 heterocycles. The van der Waals surface area contributed by atoms with E-state index < -0.39 is 33.2 Å². The highest BCUT2D eigenvalue weighted by atomic mass is 35.5. The number of anilines is 1. The monoisotopic (exact) mass is 337 g/mol. The Morgan fingerprint density at radius 1 is 1.38 bits per heavy atom. The Morgan fingerprint density at radius 3 is 2.43 bits per heavy atom. The molecule has 0 radical (unpaired) electrons. The zero-order valence-electron chi connectivity index (χ0n) is 11.9. The van der Waals surface area contributed by atoms with Gasteiger partial charge in [0.1, 0.15) is 4.90 Å². The summed E-state index contributed by atoms with van der Waals surface area (Å²) in [6.45, 7) is 1.16. The van der Waals surface area contributed by atoms with E-state index in [4.69, 9.17) is 17.3 Å². The van der Waals surface area contributed by atoms with Crippen LogP contribution in [0.2, 0.25) is 5.02 Å². The summed E-state index contributed by atoms with van der Waals surface area (Å²) in [5.41, 5.74) is 5.03. The molecule has 0 aliphatic rings. The second kappa shape index (κ2) is 6.59. The number of halogens is 2. The van der Waals surface area contributed by atoms with Gasteiger partial charge < -0.3 is 10.6 Å². The van der Waals surface area contributed by atoms with Crippen LogP contribution in [0.3, 0.4) is 0 Å². The third-order valence-corrected chi connectivity index (χ3v) is 4.95. The lowest BCUT2D eigenvalue weighted by Gasteiger charge is -2.22. The van der Waals surface area contributed by atoms with E-state index in [2.05, 4.69) is 0 Å². The number of nitrogens with zero attached hydrogens (tertiary/aromatic N) is 2. The Kier molecular flexibility index (Phi) is 5.54. The first-order chi connectivity index (χ1) is 9.61. The molecule has 0 fully saturated rings. The van der Waals surface area contributed by atoms with Gasteiger partial charge in [0.15, 0.2) is 5.82 Å². The molecule has 9 heteroatoms. The Bertz CT molecular complexity index is 649. The van der Waals surface area contributed by atoms with Crippen LogP contribution in [0, 0.1) is 5.82 Å². The molecule has 6 nitrogen and oxygen atoms in total. The predicted molar refractivity (Wildman–Crippen MR) is 78.9 cm³/mol. The van der Waals surface area contributed by atoms with Gasteiger partial charge >= 0.3 is 0 Å². The van der Waals surface area contributed by atoms with Crippen LogP contribution in [0.4, 0.5) is 10.1 Å². The van der Waals surface area contributed by atoms with Gasteiger partial charge in [0.25, 0.3) is 0 Å². The molecule has 1 aromatic rings. The Balaban J connectivity index is 3.29. The normalized spacial score (nSPS) is 11.7. The van der Waals surface area contributed by atoms with Crippen molar-refractivity contribution in [3.05, 3.63) is 23.0 Å². The first kappa shape index (κ1) is 17.7. The summed E-state index contributed by atoms with van der Waals surface area (Å²) in [5, 5.41) is 0.00228. The quantitative estimate of drug-likeness (QED) is 0.817. The van der Waals surface area contributed by atoms with Crippen molar-refractivity contribution in [2.75, 3.05) is 32.9 Å². The van der Waals surface area contributed by atoms with Gasteiger partial charge in [0.2, 0.25) is 15.9 Å². The number of rotatable bonds is 5. The maximum absolute atomic E-state index is 14.0. The van der Waals surface area contributed by atoms with Crippen molar-refractivity contribution in [1.29, 1.82) is 0 Å². The Hall–Kier alpha value is -1.38. The molecule has 0 atom stereocenters. The van der Waals surface area contributed by atoms with Crippen molar-refractivity contribution in [2.45, 2.75) is 11.8 Å². The summed E-state index contributed by atoms with van der Waals surface area (Å²) >= 11 is 5.73. The molecule has 0 aromatic heterocycles. The molecule has 0 aliphatic heterocycles. The maximum Gasteiger partial charge on any atom is 0.246 e. The highest BCUT2D eigenvalue weighted by molar-refractivity contribution is 7.89. The third-order valence-electron chi connectivity index (χ3n) is 2.81. The number of likely N-dealkylation sites (N-methyl/N-ethyl adjacent to an activating group) is 2. The van der Waals surface area contributed by atoms with E-state index in [0.29, 0.717) is 0 Å². The topological polar surface area (TPSA) is 83.7 Å². The fraction of sp³-hybridized carbons (Fsp3) is 0.417. The van der Waals surface area contributed by atoms with Crippen molar-refractivity contribution < 1.29 is 17.6 Å². The van der Waals surface area contributed by atoms with Gasteiger partial charge in [-0.3, -0.25) is 4.79 Å². The van der Waals surface area contributed by atoms with Crippen LogP contribution in [0.15, 0.2) is 17.0 Å². The first-order valence-electron chi connectivity index (χ1n) is 6.06. The molecule has 0 bridgehead atoms. The van der Waals surface area contributed by atoms with E-state index in [1.54, 1.807) is 6.92 Å². The second-order valence-electron chi connectivity index (χ2n) is 4.53. The summed E-state index contributed by atoms with van der Waals surface area (Å²) in [6.07, 6.45) is 0. The fourth-order valence-electron chi connectivity index (χ4n) is 1.57.